The van der Waals surface area contributed by atoms with E-state index in [2.05, 4.69) is 10.1 Å². The molecule has 0 saturated carbocycles. The number of pyridine rings is 1. The van der Waals surface area contributed by atoms with Crippen LogP contribution in [0.1, 0.15) is 5.69 Å². The van der Waals surface area contributed by atoms with Crippen molar-refractivity contribution in [1.82, 2.24) is 19.2 Å². The number of aromatic nitrogens is 4. The molecule has 0 aliphatic heterocycles. The highest BCUT2D eigenvalue weighted by Crippen LogP contribution is 2.30. The van der Waals surface area contributed by atoms with Crippen LogP contribution < -0.4 is 5.56 Å². The fourth-order valence-corrected chi connectivity index (χ4v) is 3.71. The van der Waals surface area contributed by atoms with Crippen LogP contribution in [0.4, 0.5) is 13.2 Å². The molecule has 150 valence electrons. The Bertz CT molecular complexity index is 1450. The summed E-state index contributed by atoms with van der Waals surface area (Å²) in [7, 11) is -2.05. The quantitative estimate of drug-likeness (QED) is 0.496. The van der Waals surface area contributed by atoms with Crippen LogP contribution >= 0.6 is 0 Å². The zero-order chi connectivity index (χ0) is 21.1. The van der Waals surface area contributed by atoms with Gasteiger partial charge in [0.2, 0.25) is 0 Å². The van der Waals surface area contributed by atoms with Crippen LogP contribution in [-0.4, -0.2) is 33.8 Å². The summed E-state index contributed by atoms with van der Waals surface area (Å²) in [6, 6.07) is 7.82. The minimum Gasteiger partial charge on any atom is -0.296 e. The van der Waals surface area contributed by atoms with E-state index in [1.807, 2.05) is 0 Å². The summed E-state index contributed by atoms with van der Waals surface area (Å²) in [4.78, 5) is 16.0. The van der Waals surface area contributed by atoms with Gasteiger partial charge in [0, 0.05) is 31.1 Å². The van der Waals surface area contributed by atoms with Crippen molar-refractivity contribution in [3.63, 3.8) is 0 Å². The molecule has 1 aromatic carbocycles. The Morgan fingerprint density at radius 3 is 2.45 bits per heavy atom. The molecule has 0 aliphatic carbocycles. The molecule has 0 unspecified atom stereocenters. The van der Waals surface area contributed by atoms with E-state index in [-0.39, 0.29) is 21.5 Å². The lowest BCUT2D eigenvalue weighted by Gasteiger charge is -2.07. The average Bonchev–Trinajstić information content (AvgIpc) is 3.10. The molecule has 0 bridgehead atoms. The molecular formula is C18H13F3N4O3S. The Hall–Kier alpha value is -3.21. The molecule has 0 fully saturated rings. The number of alkyl halides is 3. The summed E-state index contributed by atoms with van der Waals surface area (Å²) in [6.45, 7) is 0. The monoisotopic (exact) mass is 422 g/mol. The third-order valence-electron chi connectivity index (χ3n) is 4.54. The van der Waals surface area contributed by atoms with Crippen LogP contribution in [0.25, 0.3) is 27.8 Å². The molecule has 0 N–H and O–H groups in total. The van der Waals surface area contributed by atoms with Gasteiger partial charge in [0.05, 0.1) is 21.5 Å². The number of halogens is 3. The minimum absolute atomic E-state index is 0.0159. The van der Waals surface area contributed by atoms with Crippen molar-refractivity contribution in [3.05, 3.63) is 58.6 Å². The van der Waals surface area contributed by atoms with E-state index in [9.17, 15) is 26.4 Å². The van der Waals surface area contributed by atoms with E-state index in [0.29, 0.717) is 11.2 Å². The predicted octanol–water partition coefficient (Wildman–Crippen LogP) is 2.67. The molecule has 29 heavy (non-hydrogen) atoms. The maximum absolute atomic E-state index is 13.0. The Labute approximate surface area is 162 Å². The largest absolute Gasteiger partial charge is 0.433 e. The highest BCUT2D eigenvalue weighted by atomic mass is 32.2. The summed E-state index contributed by atoms with van der Waals surface area (Å²) in [5.74, 6) is 0. The van der Waals surface area contributed by atoms with E-state index in [1.54, 1.807) is 0 Å². The van der Waals surface area contributed by atoms with Crippen LogP contribution in [0.3, 0.4) is 0 Å². The van der Waals surface area contributed by atoms with Crippen LogP contribution in [0.5, 0.6) is 0 Å². The van der Waals surface area contributed by atoms with Crippen LogP contribution in [0, 0.1) is 0 Å². The normalized spacial score (nSPS) is 12.7. The van der Waals surface area contributed by atoms with Gasteiger partial charge in [0.15, 0.2) is 9.84 Å². The van der Waals surface area contributed by atoms with Gasteiger partial charge in [0.1, 0.15) is 11.3 Å². The third-order valence-corrected chi connectivity index (χ3v) is 5.65. The van der Waals surface area contributed by atoms with E-state index < -0.39 is 27.3 Å². The summed E-state index contributed by atoms with van der Waals surface area (Å²) in [5, 5.41) is 4.47. The molecule has 3 aromatic heterocycles. The molecule has 0 saturated heterocycles. The van der Waals surface area contributed by atoms with Gasteiger partial charge in [-0.1, -0.05) is 0 Å². The summed E-state index contributed by atoms with van der Waals surface area (Å²) >= 11 is 0. The number of nitrogens with zero attached hydrogens (tertiary/aromatic N) is 4. The van der Waals surface area contributed by atoms with Crippen LogP contribution in [0.15, 0.2) is 52.3 Å². The lowest BCUT2D eigenvalue weighted by molar-refractivity contribution is -0.141. The molecule has 4 aromatic rings. The first-order chi connectivity index (χ1) is 13.5. The van der Waals surface area contributed by atoms with Gasteiger partial charge in [-0.3, -0.25) is 14.3 Å². The molecule has 3 heterocycles. The van der Waals surface area contributed by atoms with E-state index >= 15 is 0 Å². The molecule has 7 nitrogen and oxygen atoms in total. The maximum Gasteiger partial charge on any atom is 0.433 e. The standard InChI is InChI=1S/C18H13F3N4O3S/c1-24-16-9-13(10-5-6-22-15(7-10)18(19,20)21)23-25(16)14-4-3-11(29(2,27)28)8-12(14)17(24)26/h3-9H,1-2H3. The fraction of sp³-hybridized carbons (Fsp3) is 0.167. The Kier molecular flexibility index (Phi) is 4.05. The van der Waals surface area contributed by atoms with Crippen LogP contribution in [0.2, 0.25) is 0 Å². The summed E-state index contributed by atoms with van der Waals surface area (Å²) < 4.78 is 65.2. The summed E-state index contributed by atoms with van der Waals surface area (Å²) in [6.07, 6.45) is -2.53. The van der Waals surface area contributed by atoms with Gasteiger partial charge < -0.3 is 0 Å². The Balaban J connectivity index is 2.01. The molecule has 4 rings (SSSR count). The van der Waals surface area contributed by atoms with Gasteiger partial charge in [-0.25, -0.2) is 12.9 Å². The number of rotatable bonds is 2. The molecule has 0 amide bonds. The van der Waals surface area contributed by atoms with Crippen molar-refractivity contribution in [1.29, 1.82) is 0 Å². The number of fused-ring (bicyclic) bond motifs is 3. The topological polar surface area (TPSA) is 86.3 Å². The second kappa shape index (κ2) is 6.14. The van der Waals surface area contributed by atoms with Gasteiger partial charge in [-0.2, -0.15) is 18.3 Å². The third kappa shape index (κ3) is 3.16. The highest BCUT2D eigenvalue weighted by molar-refractivity contribution is 7.90. The van der Waals surface area contributed by atoms with Crippen molar-refractivity contribution in [3.8, 4) is 11.3 Å². The zero-order valence-corrected chi connectivity index (χ0v) is 15.9. The first-order valence-corrected chi connectivity index (χ1v) is 10.1. The molecule has 0 aliphatic rings. The summed E-state index contributed by atoms with van der Waals surface area (Å²) in [5.41, 5.74) is -0.419. The Morgan fingerprint density at radius 1 is 1.07 bits per heavy atom. The average molecular weight is 422 g/mol. The first kappa shape index (κ1) is 19.1. The fourth-order valence-electron chi connectivity index (χ4n) is 3.06. The van der Waals surface area contributed by atoms with Gasteiger partial charge in [0.25, 0.3) is 5.56 Å². The number of benzene rings is 1. The maximum atomic E-state index is 13.0. The molecule has 0 radical (unpaired) electrons. The zero-order valence-electron chi connectivity index (χ0n) is 15.1. The second-order valence-electron chi connectivity index (χ2n) is 6.54. The molecular weight excluding hydrogens is 409 g/mol. The molecule has 11 heteroatoms. The number of sulfone groups is 1. The van der Waals surface area contributed by atoms with E-state index in [4.69, 9.17) is 0 Å². The van der Waals surface area contributed by atoms with Crippen molar-refractivity contribution < 1.29 is 21.6 Å². The van der Waals surface area contributed by atoms with Gasteiger partial charge >= 0.3 is 6.18 Å². The molecule has 0 spiro atoms. The van der Waals surface area contributed by atoms with Crippen molar-refractivity contribution in [2.24, 2.45) is 7.05 Å². The molecule has 0 atom stereocenters. The van der Waals surface area contributed by atoms with Crippen molar-refractivity contribution in [2.45, 2.75) is 11.1 Å². The lowest BCUT2D eigenvalue weighted by Crippen LogP contribution is -2.20. The number of hydrogen-bond acceptors (Lipinski definition) is 5. The highest BCUT2D eigenvalue weighted by Gasteiger charge is 2.32. The lowest BCUT2D eigenvalue weighted by atomic mass is 10.1. The van der Waals surface area contributed by atoms with Crippen LogP contribution in [-0.2, 0) is 23.1 Å². The predicted molar refractivity (Wildman–Crippen MR) is 99.3 cm³/mol. The van der Waals surface area contributed by atoms with E-state index in [1.165, 1.54) is 46.5 Å². The number of aryl methyl sites for hydroxylation is 1. The van der Waals surface area contributed by atoms with E-state index in [0.717, 1.165) is 18.5 Å². The van der Waals surface area contributed by atoms with Gasteiger partial charge in [-0.15, -0.1) is 0 Å². The van der Waals surface area contributed by atoms with Crippen molar-refractivity contribution >= 4 is 26.4 Å². The number of hydrogen-bond donors (Lipinski definition) is 0. The van der Waals surface area contributed by atoms with Crippen molar-refractivity contribution in [2.75, 3.05) is 6.26 Å². The minimum atomic E-state index is -4.60. The Morgan fingerprint density at radius 2 is 1.79 bits per heavy atom. The first-order valence-electron chi connectivity index (χ1n) is 8.23. The smallest absolute Gasteiger partial charge is 0.296 e. The SMILES string of the molecule is Cn1c(=O)c2cc(S(C)(=O)=O)ccc2n2nc(-c3ccnc(C(F)(F)F)c3)cc12. The van der Waals surface area contributed by atoms with Gasteiger partial charge in [-0.05, 0) is 30.3 Å². The second-order valence-corrected chi connectivity index (χ2v) is 8.56.